The summed E-state index contributed by atoms with van der Waals surface area (Å²) < 4.78 is 54.1. The first-order valence-electron chi connectivity index (χ1n) is 8.61. The fourth-order valence-corrected chi connectivity index (χ4v) is 4.70. The number of hydrogen-bond acceptors (Lipinski definition) is 3. The Morgan fingerprint density at radius 1 is 1.07 bits per heavy atom. The molecule has 1 saturated heterocycles. The molecule has 3 rings (SSSR count). The Kier molecular flexibility index (Phi) is 5.57. The molecule has 1 aliphatic heterocycles. The number of anilines is 1. The van der Waals surface area contributed by atoms with Gasteiger partial charge in [0.1, 0.15) is 17.3 Å². The van der Waals surface area contributed by atoms with E-state index in [1.54, 1.807) is 18.2 Å². The highest BCUT2D eigenvalue weighted by Crippen LogP contribution is 2.26. The highest BCUT2D eigenvalue weighted by Gasteiger charge is 2.32. The molecule has 0 atom stereocenters. The van der Waals surface area contributed by atoms with Gasteiger partial charge in [-0.05, 0) is 49.6 Å². The second kappa shape index (κ2) is 7.74. The van der Waals surface area contributed by atoms with Crippen molar-refractivity contribution in [1.29, 1.82) is 0 Å². The summed E-state index contributed by atoms with van der Waals surface area (Å²) >= 11 is 0. The Morgan fingerprint density at radius 2 is 1.67 bits per heavy atom. The van der Waals surface area contributed by atoms with Crippen molar-refractivity contribution < 1.29 is 22.0 Å². The molecular weight excluding hydrogens is 374 g/mol. The molecule has 2 aromatic carbocycles. The monoisotopic (exact) mass is 394 g/mol. The number of hydrogen-bond donors (Lipinski definition) is 1. The van der Waals surface area contributed by atoms with E-state index in [1.807, 2.05) is 13.0 Å². The Hall–Kier alpha value is -2.32. The van der Waals surface area contributed by atoms with Crippen molar-refractivity contribution in [1.82, 2.24) is 4.31 Å². The largest absolute Gasteiger partial charge is 0.321 e. The van der Waals surface area contributed by atoms with Crippen LogP contribution in [0.4, 0.5) is 14.5 Å². The van der Waals surface area contributed by atoms with Crippen molar-refractivity contribution >= 4 is 21.6 Å². The van der Waals surface area contributed by atoms with Gasteiger partial charge in [-0.25, -0.2) is 17.2 Å². The average molecular weight is 394 g/mol. The van der Waals surface area contributed by atoms with Crippen LogP contribution in [0, 0.1) is 24.5 Å². The summed E-state index contributed by atoms with van der Waals surface area (Å²) in [6.45, 7) is 2.17. The van der Waals surface area contributed by atoms with Crippen molar-refractivity contribution in [3.63, 3.8) is 0 Å². The summed E-state index contributed by atoms with van der Waals surface area (Å²) in [4.78, 5) is 12.6. The number of carbonyl (C=O) groups excluding carboxylic acids is 1. The maximum atomic E-state index is 13.7. The van der Waals surface area contributed by atoms with E-state index in [0.717, 1.165) is 17.7 Å². The Bertz CT molecular complexity index is 935. The summed E-state index contributed by atoms with van der Waals surface area (Å²) in [6.07, 6.45) is 0.569. The lowest BCUT2D eigenvalue weighted by molar-refractivity contribution is -0.121. The van der Waals surface area contributed by atoms with Crippen LogP contribution < -0.4 is 5.32 Å². The molecule has 1 heterocycles. The SMILES string of the molecule is Cc1cccc(S(=O)(=O)N2CCC(C(=O)Nc3c(F)cccc3F)CC2)c1. The minimum atomic E-state index is -3.62. The van der Waals surface area contributed by atoms with Gasteiger partial charge in [-0.15, -0.1) is 0 Å². The Balaban J connectivity index is 1.66. The van der Waals surface area contributed by atoms with Crippen molar-refractivity contribution in [2.24, 2.45) is 5.92 Å². The van der Waals surface area contributed by atoms with Crippen molar-refractivity contribution in [2.75, 3.05) is 18.4 Å². The molecule has 2 aromatic rings. The first-order valence-corrected chi connectivity index (χ1v) is 10.0. The van der Waals surface area contributed by atoms with Crippen molar-refractivity contribution in [3.8, 4) is 0 Å². The average Bonchev–Trinajstić information content (AvgIpc) is 2.65. The van der Waals surface area contributed by atoms with Crippen molar-refractivity contribution in [3.05, 3.63) is 59.7 Å². The smallest absolute Gasteiger partial charge is 0.243 e. The minimum Gasteiger partial charge on any atom is -0.321 e. The van der Waals surface area contributed by atoms with E-state index in [2.05, 4.69) is 5.32 Å². The number of piperidine rings is 1. The van der Waals surface area contributed by atoms with Gasteiger partial charge in [-0.1, -0.05) is 18.2 Å². The van der Waals surface area contributed by atoms with Gasteiger partial charge in [0.2, 0.25) is 15.9 Å². The number of benzene rings is 2. The van der Waals surface area contributed by atoms with Gasteiger partial charge < -0.3 is 5.32 Å². The number of nitrogens with zero attached hydrogens (tertiary/aromatic N) is 1. The van der Waals surface area contributed by atoms with Crippen LogP contribution in [-0.4, -0.2) is 31.7 Å². The summed E-state index contributed by atoms with van der Waals surface area (Å²) in [6, 6.07) is 10.0. The highest BCUT2D eigenvalue weighted by molar-refractivity contribution is 7.89. The third-order valence-corrected chi connectivity index (χ3v) is 6.56. The Morgan fingerprint density at radius 3 is 2.26 bits per heavy atom. The number of para-hydroxylation sites is 1. The van der Waals surface area contributed by atoms with E-state index in [1.165, 1.54) is 10.4 Å². The lowest BCUT2D eigenvalue weighted by atomic mass is 9.97. The summed E-state index contributed by atoms with van der Waals surface area (Å²) in [5.41, 5.74) is 0.370. The number of amides is 1. The van der Waals surface area contributed by atoms with E-state index in [0.29, 0.717) is 0 Å². The molecule has 1 amide bonds. The van der Waals surface area contributed by atoms with Crippen LogP contribution in [0.1, 0.15) is 18.4 Å². The molecule has 1 aliphatic rings. The predicted molar refractivity (Wildman–Crippen MR) is 97.6 cm³/mol. The lowest BCUT2D eigenvalue weighted by Gasteiger charge is -2.30. The molecule has 1 N–H and O–H groups in total. The number of halogens is 2. The molecule has 0 spiro atoms. The van der Waals surface area contributed by atoms with Gasteiger partial charge >= 0.3 is 0 Å². The minimum absolute atomic E-state index is 0.175. The first kappa shape index (κ1) is 19.4. The van der Waals surface area contributed by atoms with Crippen LogP contribution in [-0.2, 0) is 14.8 Å². The second-order valence-corrected chi connectivity index (χ2v) is 8.52. The molecule has 8 heteroatoms. The van der Waals surface area contributed by atoms with E-state index in [-0.39, 0.29) is 30.8 Å². The third-order valence-electron chi connectivity index (χ3n) is 4.66. The molecule has 0 saturated carbocycles. The molecule has 5 nitrogen and oxygen atoms in total. The fraction of sp³-hybridized carbons (Fsp3) is 0.316. The van der Waals surface area contributed by atoms with E-state index in [9.17, 15) is 22.0 Å². The maximum absolute atomic E-state index is 13.7. The lowest BCUT2D eigenvalue weighted by Crippen LogP contribution is -2.41. The molecule has 27 heavy (non-hydrogen) atoms. The zero-order valence-corrected chi connectivity index (χ0v) is 15.6. The standard InChI is InChI=1S/C19H20F2N2O3S/c1-13-4-2-5-15(12-13)27(25,26)23-10-8-14(9-11-23)19(24)22-18-16(20)6-3-7-17(18)21/h2-7,12,14H,8-11H2,1H3,(H,22,24). The number of sulfonamides is 1. The molecular formula is C19H20F2N2O3S. The summed E-state index contributed by atoms with van der Waals surface area (Å²) in [5.74, 6) is -2.70. The number of nitrogens with one attached hydrogen (secondary N) is 1. The topological polar surface area (TPSA) is 66.5 Å². The molecule has 144 valence electrons. The van der Waals surface area contributed by atoms with Crippen LogP contribution in [0.2, 0.25) is 0 Å². The predicted octanol–water partition coefficient (Wildman–Crippen LogP) is 3.31. The normalized spacial score (nSPS) is 16.3. The van der Waals surface area contributed by atoms with Crippen molar-refractivity contribution in [2.45, 2.75) is 24.7 Å². The van der Waals surface area contributed by atoms with Gasteiger partial charge in [0.25, 0.3) is 0 Å². The second-order valence-electron chi connectivity index (χ2n) is 6.58. The molecule has 0 aromatic heterocycles. The highest BCUT2D eigenvalue weighted by atomic mass is 32.2. The van der Waals surface area contributed by atoms with Crippen LogP contribution in [0.15, 0.2) is 47.4 Å². The number of carbonyl (C=O) groups is 1. The van der Waals surface area contributed by atoms with Gasteiger partial charge in [0.15, 0.2) is 0 Å². The van der Waals surface area contributed by atoms with E-state index >= 15 is 0 Å². The summed E-state index contributed by atoms with van der Waals surface area (Å²) in [7, 11) is -3.62. The zero-order valence-electron chi connectivity index (χ0n) is 14.8. The molecule has 0 bridgehead atoms. The quantitative estimate of drug-likeness (QED) is 0.865. The molecule has 0 unspecified atom stereocenters. The summed E-state index contributed by atoms with van der Waals surface area (Å²) in [5, 5.41) is 2.28. The Labute approximate surface area is 157 Å². The van der Waals surface area contributed by atoms with Crippen LogP contribution in [0.5, 0.6) is 0 Å². The van der Waals surface area contributed by atoms with Crippen LogP contribution >= 0.6 is 0 Å². The maximum Gasteiger partial charge on any atom is 0.243 e. The van der Waals surface area contributed by atoms with Gasteiger partial charge in [0, 0.05) is 19.0 Å². The van der Waals surface area contributed by atoms with Gasteiger partial charge in [-0.3, -0.25) is 4.79 Å². The molecule has 0 aliphatic carbocycles. The van der Waals surface area contributed by atoms with Gasteiger partial charge in [0.05, 0.1) is 4.90 Å². The third kappa shape index (κ3) is 4.17. The van der Waals surface area contributed by atoms with E-state index in [4.69, 9.17) is 0 Å². The first-order chi connectivity index (χ1) is 12.8. The molecule has 0 radical (unpaired) electrons. The number of rotatable bonds is 4. The van der Waals surface area contributed by atoms with E-state index < -0.39 is 39.2 Å². The number of aryl methyl sites for hydroxylation is 1. The van der Waals surface area contributed by atoms with Gasteiger partial charge in [-0.2, -0.15) is 4.31 Å². The fourth-order valence-electron chi connectivity index (χ4n) is 3.13. The van der Waals surface area contributed by atoms with Crippen LogP contribution in [0.25, 0.3) is 0 Å². The molecule has 1 fully saturated rings. The van der Waals surface area contributed by atoms with Crippen LogP contribution in [0.3, 0.4) is 0 Å². The zero-order chi connectivity index (χ0) is 19.6.